The lowest BCUT2D eigenvalue weighted by Crippen LogP contribution is -2.48. The molecule has 2 aromatic carbocycles. The molecule has 3 aromatic rings. The molecule has 0 aliphatic carbocycles. The van der Waals surface area contributed by atoms with Crippen LogP contribution < -0.4 is 0 Å². The first-order valence-electron chi connectivity index (χ1n) is 15.5. The van der Waals surface area contributed by atoms with Crippen LogP contribution in [-0.4, -0.2) is 119 Å². The van der Waals surface area contributed by atoms with Gasteiger partial charge in [0.1, 0.15) is 4.90 Å². The van der Waals surface area contributed by atoms with Crippen LogP contribution in [0.4, 0.5) is 0 Å². The van der Waals surface area contributed by atoms with Crippen LogP contribution in [0.1, 0.15) is 41.5 Å². The van der Waals surface area contributed by atoms with Crippen molar-refractivity contribution in [1.82, 2.24) is 17.9 Å². The Morgan fingerprint density at radius 1 is 0.543 bits per heavy atom. The van der Waals surface area contributed by atoms with Gasteiger partial charge in [0.15, 0.2) is 0 Å². The third kappa shape index (κ3) is 6.12. The molecule has 6 rings (SSSR count). The molecule has 0 saturated carbocycles. The molecule has 254 valence electrons. The van der Waals surface area contributed by atoms with Crippen LogP contribution in [0.5, 0.6) is 0 Å². The summed E-state index contributed by atoms with van der Waals surface area (Å²) in [6.07, 6.45) is -2.00. The molecule has 3 saturated heterocycles. The first-order valence-corrected chi connectivity index (χ1v) is 19.8. The Morgan fingerprint density at radius 2 is 0.935 bits per heavy atom. The summed E-state index contributed by atoms with van der Waals surface area (Å²) in [5.74, 6) is 0. The molecule has 6 atom stereocenters. The van der Waals surface area contributed by atoms with Crippen LogP contribution in [0.15, 0.2) is 45.0 Å². The standard InChI is InChI=1S/C30H42N4O9S3/c1-18-12-32(13-19(2)41-18)44(35,36)24-7-8-28-26(9-24)27-10-25(45(37,38)33-14-20(3)42-21(4)15-33)11-29(30(27)31-28)46(39,40)34-16-22(5)43-23(6)17-34/h7-11,18-23,31H,12-17H2,1-6H3/t18-,19-,20-,21+,22-,23+/m1/s1. The summed E-state index contributed by atoms with van der Waals surface area (Å²) in [7, 11) is -12.4. The van der Waals surface area contributed by atoms with Gasteiger partial charge in [-0.05, 0) is 71.9 Å². The van der Waals surface area contributed by atoms with E-state index >= 15 is 0 Å². The lowest BCUT2D eigenvalue weighted by molar-refractivity contribution is -0.0442. The molecular formula is C30H42N4O9S3. The first-order chi connectivity index (χ1) is 21.5. The van der Waals surface area contributed by atoms with Crippen LogP contribution in [-0.2, 0) is 44.3 Å². The second kappa shape index (κ2) is 12.1. The van der Waals surface area contributed by atoms with E-state index in [0.717, 1.165) is 0 Å². The number of hydrogen-bond acceptors (Lipinski definition) is 9. The van der Waals surface area contributed by atoms with Crippen molar-refractivity contribution in [3.8, 4) is 0 Å². The zero-order valence-corrected chi connectivity index (χ0v) is 29.3. The molecular weight excluding hydrogens is 657 g/mol. The van der Waals surface area contributed by atoms with Crippen molar-refractivity contribution in [3.63, 3.8) is 0 Å². The summed E-state index contributed by atoms with van der Waals surface area (Å²) in [5, 5.41) is 0.686. The van der Waals surface area contributed by atoms with Gasteiger partial charge in [0.2, 0.25) is 30.1 Å². The number of nitrogens with zero attached hydrogens (tertiary/aromatic N) is 3. The van der Waals surface area contributed by atoms with Gasteiger partial charge in [0.05, 0.1) is 51.9 Å². The fourth-order valence-electron chi connectivity index (χ4n) is 6.85. The van der Waals surface area contributed by atoms with Gasteiger partial charge in [-0.1, -0.05) is 0 Å². The lowest BCUT2D eigenvalue weighted by atomic mass is 10.1. The van der Waals surface area contributed by atoms with Gasteiger partial charge in [-0.25, -0.2) is 25.3 Å². The quantitative estimate of drug-likeness (QED) is 0.409. The second-order valence-corrected chi connectivity index (χ2v) is 18.7. The average Bonchev–Trinajstić information content (AvgIpc) is 3.33. The van der Waals surface area contributed by atoms with Gasteiger partial charge in [-0.3, -0.25) is 0 Å². The summed E-state index contributed by atoms with van der Waals surface area (Å²) < 4.78 is 106. The molecule has 1 N–H and O–H groups in total. The SMILES string of the molecule is C[C@@H]1CN(S(=O)(=O)c2ccc3[nH]c4c(S(=O)(=O)N5C[C@@H](C)O[C@@H](C)C5)cc(S(=O)(=O)N5C[C@@H](C)O[C@@H](C)C5)cc4c3c2)C[C@@H](C)O1. The highest BCUT2D eigenvalue weighted by Gasteiger charge is 2.38. The molecule has 4 heterocycles. The zero-order chi connectivity index (χ0) is 33.3. The van der Waals surface area contributed by atoms with Gasteiger partial charge in [-0.15, -0.1) is 0 Å². The van der Waals surface area contributed by atoms with E-state index in [-0.39, 0.29) is 96.1 Å². The third-order valence-corrected chi connectivity index (χ3v) is 14.2. The predicted molar refractivity (Wildman–Crippen MR) is 172 cm³/mol. The number of ether oxygens (including phenoxy) is 3. The van der Waals surface area contributed by atoms with E-state index in [9.17, 15) is 25.3 Å². The van der Waals surface area contributed by atoms with Crippen LogP contribution in [0, 0.1) is 0 Å². The summed E-state index contributed by atoms with van der Waals surface area (Å²) in [6.45, 7) is 11.6. The Balaban J connectivity index is 1.55. The Morgan fingerprint density at radius 3 is 1.39 bits per heavy atom. The number of rotatable bonds is 6. The van der Waals surface area contributed by atoms with Crippen LogP contribution in [0.3, 0.4) is 0 Å². The van der Waals surface area contributed by atoms with Crippen LogP contribution in [0.25, 0.3) is 21.8 Å². The summed E-state index contributed by atoms with van der Waals surface area (Å²) in [6, 6.07) is 7.20. The van der Waals surface area contributed by atoms with E-state index in [2.05, 4.69) is 4.98 Å². The smallest absolute Gasteiger partial charge is 0.245 e. The zero-order valence-electron chi connectivity index (χ0n) is 26.8. The highest BCUT2D eigenvalue weighted by Crippen LogP contribution is 2.37. The number of benzene rings is 2. The maximum atomic E-state index is 14.3. The topological polar surface area (TPSA) is 156 Å². The van der Waals surface area contributed by atoms with Gasteiger partial charge >= 0.3 is 0 Å². The fourth-order valence-corrected chi connectivity index (χ4v) is 12.0. The highest BCUT2D eigenvalue weighted by molar-refractivity contribution is 7.90. The van der Waals surface area contributed by atoms with Crippen molar-refractivity contribution in [3.05, 3.63) is 30.3 Å². The number of aromatic amines is 1. The molecule has 46 heavy (non-hydrogen) atoms. The van der Waals surface area contributed by atoms with Gasteiger partial charge < -0.3 is 19.2 Å². The van der Waals surface area contributed by atoms with Gasteiger partial charge in [-0.2, -0.15) is 12.9 Å². The number of sulfonamides is 3. The minimum atomic E-state index is -4.23. The molecule has 13 nitrogen and oxygen atoms in total. The number of fused-ring (bicyclic) bond motifs is 3. The maximum absolute atomic E-state index is 14.3. The molecule has 3 aliphatic heterocycles. The van der Waals surface area contributed by atoms with E-state index in [1.165, 1.54) is 37.2 Å². The van der Waals surface area contributed by atoms with Crippen molar-refractivity contribution in [1.29, 1.82) is 0 Å². The Labute approximate surface area is 270 Å². The third-order valence-electron chi connectivity index (χ3n) is 8.67. The summed E-state index contributed by atoms with van der Waals surface area (Å²) in [4.78, 5) is 2.79. The Hall–Kier alpha value is -2.15. The van der Waals surface area contributed by atoms with Gasteiger partial charge in [0.25, 0.3) is 0 Å². The second-order valence-electron chi connectivity index (χ2n) is 12.9. The molecule has 3 aliphatic rings. The molecule has 0 unspecified atom stereocenters. The van der Waals surface area contributed by atoms with Crippen LogP contribution >= 0.6 is 0 Å². The predicted octanol–water partition coefficient (Wildman–Crippen LogP) is 2.71. The first kappa shape index (κ1) is 33.7. The molecule has 1 aromatic heterocycles. The monoisotopic (exact) mass is 698 g/mol. The largest absolute Gasteiger partial charge is 0.373 e. The number of aromatic nitrogens is 1. The van der Waals surface area contributed by atoms with Crippen molar-refractivity contribution >= 4 is 51.9 Å². The Kier molecular flexibility index (Phi) is 8.85. The van der Waals surface area contributed by atoms with Crippen molar-refractivity contribution in [2.75, 3.05) is 39.3 Å². The highest BCUT2D eigenvalue weighted by atomic mass is 32.2. The van der Waals surface area contributed by atoms with Crippen molar-refractivity contribution in [2.24, 2.45) is 0 Å². The maximum Gasteiger partial charge on any atom is 0.245 e. The number of hydrogen-bond donors (Lipinski definition) is 1. The van der Waals surface area contributed by atoms with E-state index in [1.807, 2.05) is 13.8 Å². The molecule has 0 spiro atoms. The van der Waals surface area contributed by atoms with E-state index in [1.54, 1.807) is 33.8 Å². The normalized spacial score (nSPS) is 29.9. The molecule has 0 bridgehead atoms. The Bertz CT molecular complexity index is 1950. The minimum Gasteiger partial charge on any atom is -0.373 e. The van der Waals surface area contributed by atoms with E-state index in [0.29, 0.717) is 16.3 Å². The number of morpholine rings is 3. The molecule has 3 fully saturated rings. The average molecular weight is 699 g/mol. The van der Waals surface area contributed by atoms with E-state index < -0.39 is 30.1 Å². The summed E-state index contributed by atoms with van der Waals surface area (Å²) >= 11 is 0. The molecule has 0 amide bonds. The van der Waals surface area contributed by atoms with Crippen LogP contribution in [0.2, 0.25) is 0 Å². The molecule has 0 radical (unpaired) electrons. The fraction of sp³-hybridized carbons (Fsp3) is 0.600. The van der Waals surface area contributed by atoms with Gasteiger partial charge in [0, 0.05) is 55.6 Å². The van der Waals surface area contributed by atoms with Crippen molar-refractivity contribution in [2.45, 2.75) is 92.9 Å². The van der Waals surface area contributed by atoms with E-state index in [4.69, 9.17) is 14.2 Å². The number of H-pyrrole nitrogens is 1. The lowest BCUT2D eigenvalue weighted by Gasteiger charge is -2.35. The summed E-state index contributed by atoms with van der Waals surface area (Å²) in [5.41, 5.74) is 0.675. The molecule has 16 heteroatoms. The minimum absolute atomic E-state index is 0.0199. The van der Waals surface area contributed by atoms with Crippen molar-refractivity contribution < 1.29 is 39.5 Å². The number of nitrogens with one attached hydrogen (secondary N) is 1.